The summed E-state index contributed by atoms with van der Waals surface area (Å²) >= 11 is 14.9. The summed E-state index contributed by atoms with van der Waals surface area (Å²) in [5.41, 5.74) is 3.24. The van der Waals surface area contributed by atoms with Gasteiger partial charge in [0.25, 0.3) is 0 Å². The van der Waals surface area contributed by atoms with Crippen LogP contribution in [0, 0.1) is 11.8 Å². The minimum Gasteiger partial charge on any atom is -0.633 e. The molecule has 0 bridgehead atoms. The number of piperidine rings is 1. The van der Waals surface area contributed by atoms with E-state index in [1.807, 2.05) is 23.6 Å². The molecule has 0 saturated carbocycles. The fraction of sp³-hybridized carbons (Fsp3) is 0.292. The highest BCUT2D eigenvalue weighted by molar-refractivity contribution is 8.01. The van der Waals surface area contributed by atoms with Crippen molar-refractivity contribution >= 4 is 57.9 Å². The minimum atomic E-state index is -0.322. The number of thiazole rings is 1. The molecule has 2 aromatic carbocycles. The van der Waals surface area contributed by atoms with Crippen molar-refractivity contribution in [3.8, 4) is 11.3 Å². The summed E-state index contributed by atoms with van der Waals surface area (Å²) in [6.45, 7) is 8.27. The Morgan fingerprint density at radius 1 is 1.21 bits per heavy atom. The molecule has 1 amide bonds. The van der Waals surface area contributed by atoms with Crippen LogP contribution in [0.4, 0.5) is 5.69 Å². The van der Waals surface area contributed by atoms with Gasteiger partial charge in [0.15, 0.2) is 10.0 Å². The molecule has 0 radical (unpaired) electrons. The van der Waals surface area contributed by atoms with Gasteiger partial charge >= 0.3 is 0 Å². The average Bonchev–Trinajstić information content (AvgIpc) is 3.31. The second kappa shape index (κ2) is 11.1. The van der Waals surface area contributed by atoms with Crippen molar-refractivity contribution in [3.05, 3.63) is 80.1 Å². The fourth-order valence-corrected chi connectivity index (χ4v) is 5.84. The number of thioether (sulfide) groups is 1. The Kier molecular flexibility index (Phi) is 8.14. The molecule has 1 aliphatic rings. The summed E-state index contributed by atoms with van der Waals surface area (Å²) in [6, 6.07) is 12.6. The standard InChI is InChI=1S/C24H22Cl2N4O2S2/c1-27-18-5-3-17(4-6-18)22-14-33-24(29-22)34-15-23(31)28-19-8-10-30(32,11-9-19)13-16-2-7-20(25)21(26)12-16/h2-7,12,14,19H,8-11,13,15H2,(H,28,31). The molecule has 1 aliphatic heterocycles. The van der Waals surface area contributed by atoms with E-state index in [0.717, 1.165) is 21.2 Å². The van der Waals surface area contributed by atoms with Crippen LogP contribution in [0.15, 0.2) is 52.2 Å². The van der Waals surface area contributed by atoms with Crippen LogP contribution in [0.25, 0.3) is 16.1 Å². The highest BCUT2D eigenvalue weighted by Gasteiger charge is 2.28. The van der Waals surface area contributed by atoms with Gasteiger partial charge < -0.3 is 15.2 Å². The Morgan fingerprint density at radius 3 is 2.62 bits per heavy atom. The third kappa shape index (κ3) is 6.51. The molecule has 4 rings (SSSR count). The number of rotatable bonds is 7. The monoisotopic (exact) mass is 532 g/mol. The molecule has 1 saturated heterocycles. The maximum absolute atomic E-state index is 13.1. The van der Waals surface area contributed by atoms with Crippen molar-refractivity contribution < 1.29 is 9.44 Å². The molecule has 2 heterocycles. The molecule has 0 spiro atoms. The van der Waals surface area contributed by atoms with E-state index < -0.39 is 0 Å². The van der Waals surface area contributed by atoms with Gasteiger partial charge in [-0.1, -0.05) is 65.3 Å². The summed E-state index contributed by atoms with van der Waals surface area (Å²) in [7, 11) is 0. The number of halogens is 2. The van der Waals surface area contributed by atoms with Gasteiger partial charge in [0.1, 0.15) is 6.54 Å². The van der Waals surface area contributed by atoms with E-state index in [2.05, 4.69) is 15.1 Å². The molecule has 10 heteroatoms. The van der Waals surface area contributed by atoms with E-state index in [1.165, 1.54) is 23.1 Å². The molecule has 1 fully saturated rings. The van der Waals surface area contributed by atoms with E-state index in [4.69, 9.17) is 29.8 Å². The number of hydrogen-bond donors (Lipinski definition) is 1. The van der Waals surface area contributed by atoms with E-state index in [1.54, 1.807) is 24.3 Å². The number of hydrogen-bond acceptors (Lipinski definition) is 5. The van der Waals surface area contributed by atoms with Gasteiger partial charge in [-0.25, -0.2) is 9.83 Å². The maximum atomic E-state index is 13.1. The number of amides is 1. The summed E-state index contributed by atoms with van der Waals surface area (Å²) in [4.78, 5) is 20.4. The molecule has 0 atom stereocenters. The second-order valence-corrected chi connectivity index (χ2v) is 11.1. The predicted octanol–water partition coefficient (Wildman–Crippen LogP) is 6.55. The molecule has 176 valence electrons. The highest BCUT2D eigenvalue weighted by atomic mass is 35.5. The number of carbonyl (C=O) groups excluding carboxylic acids is 1. The Balaban J connectivity index is 1.22. The lowest BCUT2D eigenvalue weighted by Crippen LogP contribution is -2.52. The number of quaternary nitrogens is 1. The quantitative estimate of drug-likeness (QED) is 0.162. The van der Waals surface area contributed by atoms with Crippen molar-refractivity contribution in [2.75, 3.05) is 18.8 Å². The van der Waals surface area contributed by atoms with Crippen molar-refractivity contribution in [1.29, 1.82) is 0 Å². The molecule has 1 aromatic heterocycles. The molecule has 0 aliphatic carbocycles. The SMILES string of the molecule is [C-]#[N+]c1ccc(-c2csc(SCC(=O)NC3CC[N+]([O-])(Cc4ccc(Cl)c(Cl)c4)CC3)n2)cc1. The van der Waals surface area contributed by atoms with Crippen molar-refractivity contribution in [2.45, 2.75) is 29.8 Å². The van der Waals surface area contributed by atoms with Crippen LogP contribution in [-0.4, -0.2) is 40.4 Å². The normalized spacial score (nSPS) is 20.0. The van der Waals surface area contributed by atoms with Crippen molar-refractivity contribution in [3.63, 3.8) is 0 Å². The first kappa shape index (κ1) is 25.0. The zero-order valence-corrected chi connectivity index (χ0v) is 21.3. The minimum absolute atomic E-state index is 0.00919. The second-order valence-electron chi connectivity index (χ2n) is 8.20. The van der Waals surface area contributed by atoms with E-state index in [-0.39, 0.29) is 22.3 Å². The average molecular weight is 534 g/mol. The van der Waals surface area contributed by atoms with Crippen LogP contribution in [0.5, 0.6) is 0 Å². The molecule has 34 heavy (non-hydrogen) atoms. The molecular formula is C24H22Cl2N4O2S2. The van der Waals surface area contributed by atoms with Crippen molar-refractivity contribution in [1.82, 2.24) is 10.3 Å². The summed E-state index contributed by atoms with van der Waals surface area (Å²) in [5, 5.41) is 19.1. The van der Waals surface area contributed by atoms with Crippen LogP contribution < -0.4 is 5.32 Å². The Hall–Kier alpha value is -2.12. The summed E-state index contributed by atoms with van der Waals surface area (Å²) in [6.07, 6.45) is 1.28. The molecule has 0 unspecified atom stereocenters. The Bertz CT molecular complexity index is 1200. The van der Waals surface area contributed by atoms with E-state index in [9.17, 15) is 10.0 Å². The van der Waals surface area contributed by atoms with Crippen LogP contribution in [0.3, 0.4) is 0 Å². The number of aromatic nitrogens is 1. The van der Waals surface area contributed by atoms with E-state index in [0.29, 0.717) is 48.2 Å². The third-order valence-corrected chi connectivity index (χ3v) is 8.45. The van der Waals surface area contributed by atoms with Crippen LogP contribution in [0.2, 0.25) is 10.0 Å². The number of likely N-dealkylation sites (tertiary alicyclic amines) is 1. The Morgan fingerprint density at radius 2 is 1.94 bits per heavy atom. The first-order chi connectivity index (χ1) is 16.3. The molecular weight excluding hydrogens is 511 g/mol. The summed E-state index contributed by atoms with van der Waals surface area (Å²) in [5.74, 6) is 0.226. The topological polar surface area (TPSA) is 69.4 Å². The first-order valence-corrected chi connectivity index (χ1v) is 13.3. The smallest absolute Gasteiger partial charge is 0.230 e. The number of carbonyl (C=O) groups is 1. The van der Waals surface area contributed by atoms with Gasteiger partial charge in [-0.05, 0) is 17.7 Å². The Labute approximate surface area is 216 Å². The van der Waals surface area contributed by atoms with Crippen LogP contribution in [0.1, 0.15) is 18.4 Å². The lowest BCUT2D eigenvalue weighted by Gasteiger charge is -2.47. The first-order valence-electron chi connectivity index (χ1n) is 10.7. The molecule has 3 aromatic rings. The summed E-state index contributed by atoms with van der Waals surface area (Å²) < 4.78 is 0.498. The number of hydroxylamine groups is 3. The lowest BCUT2D eigenvalue weighted by molar-refractivity contribution is -0.898. The number of nitrogens with one attached hydrogen (secondary N) is 1. The molecule has 1 N–H and O–H groups in total. The fourth-order valence-electron chi connectivity index (χ4n) is 3.87. The highest BCUT2D eigenvalue weighted by Crippen LogP contribution is 2.30. The van der Waals surface area contributed by atoms with Crippen LogP contribution >= 0.6 is 46.3 Å². The zero-order valence-electron chi connectivity index (χ0n) is 18.2. The lowest BCUT2D eigenvalue weighted by atomic mass is 10.0. The largest absolute Gasteiger partial charge is 0.633 e. The molecule has 6 nitrogen and oxygen atoms in total. The number of benzene rings is 2. The van der Waals surface area contributed by atoms with Gasteiger partial charge in [-0.15, -0.1) is 11.3 Å². The van der Waals surface area contributed by atoms with Gasteiger partial charge in [0, 0.05) is 29.8 Å². The number of nitrogens with zero attached hydrogens (tertiary/aromatic N) is 3. The van der Waals surface area contributed by atoms with Gasteiger partial charge in [-0.2, -0.15) is 0 Å². The zero-order chi connectivity index (χ0) is 24.1. The third-order valence-electron chi connectivity index (χ3n) is 5.69. The maximum Gasteiger partial charge on any atom is 0.230 e. The van der Waals surface area contributed by atoms with Gasteiger partial charge in [-0.3, -0.25) is 4.79 Å². The predicted molar refractivity (Wildman–Crippen MR) is 139 cm³/mol. The van der Waals surface area contributed by atoms with Gasteiger partial charge in [0.05, 0.1) is 41.2 Å². The van der Waals surface area contributed by atoms with Gasteiger partial charge in [0.2, 0.25) is 5.91 Å². The van der Waals surface area contributed by atoms with Crippen LogP contribution in [-0.2, 0) is 11.3 Å². The van der Waals surface area contributed by atoms with Crippen molar-refractivity contribution in [2.24, 2.45) is 0 Å². The van der Waals surface area contributed by atoms with E-state index >= 15 is 0 Å².